The Balaban J connectivity index is 1.44. The van der Waals surface area contributed by atoms with Gasteiger partial charge in [0, 0.05) is 55.5 Å². The van der Waals surface area contributed by atoms with Crippen LogP contribution in [0.2, 0.25) is 10.0 Å². The molecule has 2 aromatic heterocycles. The maximum Gasteiger partial charge on any atom is 0.410 e. The molecule has 0 N–H and O–H groups in total. The summed E-state index contributed by atoms with van der Waals surface area (Å²) in [7, 11) is 0. The number of ether oxygens (including phenoxy) is 1. The molecule has 3 aromatic rings. The van der Waals surface area contributed by atoms with E-state index < -0.39 is 28.8 Å². The lowest BCUT2D eigenvalue weighted by molar-refractivity contribution is 0.0240. The summed E-state index contributed by atoms with van der Waals surface area (Å²) in [5, 5.41) is 1.06. The second kappa shape index (κ2) is 11.4. The molecule has 4 heterocycles. The molecule has 1 fully saturated rings. The molecule has 1 aromatic carbocycles. The fraction of sp³-hybridized carbons (Fsp3) is 0.467. The molecule has 2 aliphatic heterocycles. The maximum absolute atomic E-state index is 15.5. The predicted octanol–water partition coefficient (Wildman–Crippen LogP) is 5.68. The first-order valence-electron chi connectivity index (χ1n) is 14.0. The summed E-state index contributed by atoms with van der Waals surface area (Å²) in [4.78, 5) is 49.4. The number of piperazine rings is 1. The fourth-order valence-corrected chi connectivity index (χ4v) is 6.21. The molecule has 9 nitrogen and oxygen atoms in total. The third-order valence-electron chi connectivity index (χ3n) is 7.76. The van der Waals surface area contributed by atoms with Crippen LogP contribution in [0.15, 0.2) is 29.2 Å². The number of amides is 2. The molecule has 1 saturated heterocycles. The number of fused-ring (bicyclic) bond motifs is 2. The van der Waals surface area contributed by atoms with Crippen molar-refractivity contribution in [1.29, 1.82) is 0 Å². The summed E-state index contributed by atoms with van der Waals surface area (Å²) < 4.78 is 22.7. The molecular formula is C30H34Cl2FN5O4. The van der Waals surface area contributed by atoms with Crippen LogP contribution in [0, 0.1) is 5.82 Å². The van der Waals surface area contributed by atoms with Gasteiger partial charge in [0.05, 0.1) is 11.4 Å². The Morgan fingerprint density at radius 3 is 2.43 bits per heavy atom. The summed E-state index contributed by atoms with van der Waals surface area (Å²) >= 11 is 12.6. The smallest absolute Gasteiger partial charge is 0.410 e. The Labute approximate surface area is 253 Å². The fourth-order valence-electron chi connectivity index (χ4n) is 5.60. The Morgan fingerprint density at radius 1 is 1.10 bits per heavy atom. The summed E-state index contributed by atoms with van der Waals surface area (Å²) in [5.74, 6) is -1.01. The first kappa shape index (κ1) is 30.1. The van der Waals surface area contributed by atoms with Gasteiger partial charge in [-0.25, -0.2) is 14.2 Å². The lowest BCUT2D eigenvalue weighted by atomic mass is 9.93. The van der Waals surface area contributed by atoms with Gasteiger partial charge in [-0.3, -0.25) is 9.59 Å². The molecule has 0 radical (unpaired) electrons. The van der Waals surface area contributed by atoms with Crippen molar-refractivity contribution in [3.05, 3.63) is 67.2 Å². The number of halogens is 3. The van der Waals surface area contributed by atoms with E-state index >= 15 is 4.39 Å². The van der Waals surface area contributed by atoms with E-state index in [4.69, 9.17) is 27.9 Å². The van der Waals surface area contributed by atoms with E-state index in [1.807, 2.05) is 13.8 Å². The second-order valence-electron chi connectivity index (χ2n) is 11.7. The summed E-state index contributed by atoms with van der Waals surface area (Å²) in [6.45, 7) is 11.3. The largest absolute Gasteiger partial charge is 0.444 e. The molecule has 224 valence electrons. The number of carbonyl (C=O) groups excluding carboxylic acids is 2. The predicted molar refractivity (Wildman–Crippen MR) is 161 cm³/mol. The Hall–Kier alpha value is -3.37. The van der Waals surface area contributed by atoms with Crippen LogP contribution in [0.4, 0.5) is 15.0 Å². The number of rotatable bonds is 3. The molecular weight excluding hydrogens is 584 g/mol. The lowest BCUT2D eigenvalue weighted by Crippen LogP contribution is -2.50. The third-order valence-corrected chi connectivity index (χ3v) is 8.32. The van der Waals surface area contributed by atoms with Crippen LogP contribution in [0.25, 0.3) is 11.0 Å². The molecule has 1 atom stereocenters. The molecule has 12 heteroatoms. The van der Waals surface area contributed by atoms with Crippen LogP contribution in [-0.2, 0) is 17.7 Å². The zero-order chi connectivity index (χ0) is 30.5. The van der Waals surface area contributed by atoms with Crippen LogP contribution in [0.3, 0.4) is 0 Å². The Bertz CT molecular complexity index is 1630. The highest BCUT2D eigenvalue weighted by Crippen LogP contribution is 2.36. The number of carbonyl (C=O) groups is 2. The van der Waals surface area contributed by atoms with E-state index in [1.54, 1.807) is 52.2 Å². The molecule has 0 spiro atoms. The molecule has 0 aliphatic carbocycles. The molecule has 0 saturated carbocycles. The first-order valence-corrected chi connectivity index (χ1v) is 14.8. The van der Waals surface area contributed by atoms with Crippen molar-refractivity contribution in [3.63, 3.8) is 0 Å². The quantitative estimate of drug-likeness (QED) is 0.376. The highest BCUT2D eigenvalue weighted by Gasteiger charge is 2.33. The van der Waals surface area contributed by atoms with Crippen molar-refractivity contribution in [2.45, 2.75) is 59.2 Å². The van der Waals surface area contributed by atoms with Crippen molar-refractivity contribution < 1.29 is 18.7 Å². The van der Waals surface area contributed by atoms with E-state index in [1.165, 1.54) is 6.20 Å². The van der Waals surface area contributed by atoms with Crippen molar-refractivity contribution in [3.8, 4) is 0 Å². The normalized spacial score (nSPS) is 17.4. The average molecular weight is 619 g/mol. The topological polar surface area (TPSA) is 88.0 Å². The monoisotopic (exact) mass is 617 g/mol. The van der Waals surface area contributed by atoms with E-state index in [0.717, 1.165) is 17.2 Å². The maximum atomic E-state index is 15.5. The van der Waals surface area contributed by atoms with Crippen molar-refractivity contribution in [2.24, 2.45) is 0 Å². The van der Waals surface area contributed by atoms with Crippen LogP contribution >= 0.6 is 23.2 Å². The van der Waals surface area contributed by atoms with Crippen molar-refractivity contribution in [1.82, 2.24) is 19.4 Å². The van der Waals surface area contributed by atoms with Gasteiger partial charge in [-0.05, 0) is 70.4 Å². The number of pyridine rings is 2. The molecule has 42 heavy (non-hydrogen) atoms. The van der Waals surface area contributed by atoms with Crippen LogP contribution in [0.5, 0.6) is 0 Å². The first-order chi connectivity index (χ1) is 19.8. The van der Waals surface area contributed by atoms with Crippen LogP contribution in [0.1, 0.15) is 62.1 Å². The average Bonchev–Trinajstić information content (AvgIpc) is 2.92. The summed E-state index contributed by atoms with van der Waals surface area (Å²) in [6.07, 6.45) is 1.62. The Kier molecular flexibility index (Phi) is 8.15. The van der Waals surface area contributed by atoms with Crippen molar-refractivity contribution >= 4 is 52.1 Å². The number of hydrogen-bond acceptors (Lipinski definition) is 6. The van der Waals surface area contributed by atoms with Gasteiger partial charge < -0.3 is 24.0 Å². The van der Waals surface area contributed by atoms with Crippen LogP contribution in [-0.4, -0.2) is 69.7 Å². The number of nitrogens with zero attached hydrogens (tertiary/aromatic N) is 5. The van der Waals surface area contributed by atoms with Crippen molar-refractivity contribution in [2.75, 3.05) is 37.6 Å². The SMILES string of the molecule is CCn1cc(C(=O)N2CCc3c(Cl)cc(Cl)cc3C2C)c(=O)c2cc(F)c(N3CCN(C(=O)OC(C)(C)C)CC3)nc21. The van der Waals surface area contributed by atoms with E-state index in [9.17, 15) is 14.4 Å². The lowest BCUT2D eigenvalue weighted by Gasteiger charge is -2.36. The van der Waals surface area contributed by atoms with Gasteiger partial charge in [0.25, 0.3) is 5.91 Å². The molecule has 0 bridgehead atoms. The van der Waals surface area contributed by atoms with Gasteiger partial charge >= 0.3 is 6.09 Å². The van der Waals surface area contributed by atoms with Gasteiger partial charge in [0.15, 0.2) is 11.6 Å². The minimum atomic E-state index is -0.665. The highest BCUT2D eigenvalue weighted by molar-refractivity contribution is 6.35. The third kappa shape index (κ3) is 5.66. The minimum Gasteiger partial charge on any atom is -0.444 e. The van der Waals surface area contributed by atoms with Gasteiger partial charge in [0.1, 0.15) is 16.8 Å². The molecule has 1 unspecified atom stereocenters. The Morgan fingerprint density at radius 2 is 1.79 bits per heavy atom. The molecule has 2 aliphatic rings. The van der Waals surface area contributed by atoms with E-state index in [0.29, 0.717) is 61.4 Å². The van der Waals surface area contributed by atoms with Crippen LogP contribution < -0.4 is 10.3 Å². The number of aromatic nitrogens is 2. The molecule has 5 rings (SSSR count). The second-order valence-corrected chi connectivity index (χ2v) is 12.5. The molecule has 2 amide bonds. The zero-order valence-electron chi connectivity index (χ0n) is 24.3. The van der Waals surface area contributed by atoms with Gasteiger partial charge in [0.2, 0.25) is 5.43 Å². The van der Waals surface area contributed by atoms with Gasteiger partial charge in [-0.15, -0.1) is 0 Å². The summed E-state index contributed by atoms with van der Waals surface area (Å²) in [6, 6.07) is 4.29. The zero-order valence-corrected chi connectivity index (χ0v) is 25.9. The van der Waals surface area contributed by atoms with Gasteiger partial charge in [-0.2, -0.15) is 0 Å². The highest BCUT2D eigenvalue weighted by atomic mass is 35.5. The standard InChI is InChI=1S/C30H34Cl2FN5O4/c1-6-35-16-22(28(40)38-8-7-19-20(17(38)2)13-18(31)14-23(19)32)25(39)21-15-24(33)27(34-26(21)35)36-9-11-37(12-10-36)29(41)42-30(3,4)5/h13-17H,6-12H2,1-5H3. The van der Waals surface area contributed by atoms with E-state index in [-0.39, 0.29) is 22.8 Å². The van der Waals surface area contributed by atoms with E-state index in [2.05, 4.69) is 4.98 Å². The summed E-state index contributed by atoms with van der Waals surface area (Å²) in [5.41, 5.74) is 0.839. The number of aryl methyl sites for hydroxylation is 1. The minimum absolute atomic E-state index is 0.0347. The number of anilines is 1. The number of hydrogen-bond donors (Lipinski definition) is 0. The number of benzene rings is 1. The van der Waals surface area contributed by atoms with Gasteiger partial charge in [-0.1, -0.05) is 23.2 Å².